The lowest BCUT2D eigenvalue weighted by Crippen LogP contribution is -2.32. The minimum Gasteiger partial charge on any atom is -0.465 e. The average Bonchev–Trinajstić information content (AvgIpc) is 2.70. The Hall–Kier alpha value is -1.30. The molecule has 0 aliphatic rings. The third kappa shape index (κ3) is 21.4. The number of unbranched alkanes of at least 4 members (excludes halogenated alkanes) is 12. The Kier molecular flexibility index (Phi) is 20.0. The summed E-state index contributed by atoms with van der Waals surface area (Å²) in [6.07, 6.45) is 19.7. The third-order valence-electron chi connectivity index (χ3n) is 5.44. The zero-order valence-corrected chi connectivity index (χ0v) is 19.9. The van der Waals surface area contributed by atoms with E-state index in [2.05, 4.69) is 18.8 Å². The number of aliphatic imine (C=N–C) groups is 1. The van der Waals surface area contributed by atoms with Gasteiger partial charge in [-0.1, -0.05) is 97.3 Å². The Balaban J connectivity index is 3.28. The number of carbonyl (C=O) groups is 1. The van der Waals surface area contributed by atoms with Crippen LogP contribution < -0.4 is 17.2 Å². The molecule has 0 aromatic carbocycles. The van der Waals surface area contributed by atoms with E-state index in [9.17, 15) is 4.79 Å². The van der Waals surface area contributed by atoms with Crippen molar-refractivity contribution >= 4 is 11.9 Å². The number of hydrogen-bond acceptors (Lipinski definition) is 4. The van der Waals surface area contributed by atoms with Gasteiger partial charge in [0.1, 0.15) is 6.04 Å². The van der Waals surface area contributed by atoms with Crippen molar-refractivity contribution in [2.24, 2.45) is 28.1 Å². The van der Waals surface area contributed by atoms with Gasteiger partial charge >= 0.3 is 5.97 Å². The summed E-state index contributed by atoms with van der Waals surface area (Å²) in [7, 11) is 0. The quantitative estimate of drug-likeness (QED) is 0.103. The van der Waals surface area contributed by atoms with Crippen LogP contribution in [0, 0.1) is 5.92 Å². The van der Waals surface area contributed by atoms with Crippen LogP contribution in [0.3, 0.4) is 0 Å². The zero-order chi connectivity index (χ0) is 22.5. The maximum atomic E-state index is 11.8. The molecule has 0 saturated heterocycles. The Morgan fingerprint density at radius 2 is 1.20 bits per heavy atom. The Morgan fingerprint density at radius 3 is 1.67 bits per heavy atom. The molecule has 0 fully saturated rings. The molecule has 0 aromatic heterocycles. The normalized spacial score (nSPS) is 12.1. The largest absolute Gasteiger partial charge is 0.465 e. The van der Waals surface area contributed by atoms with Gasteiger partial charge in [0.15, 0.2) is 5.96 Å². The summed E-state index contributed by atoms with van der Waals surface area (Å²) in [5.41, 5.74) is 16.3. The van der Waals surface area contributed by atoms with Crippen molar-refractivity contribution in [2.75, 3.05) is 13.2 Å². The lowest BCUT2D eigenvalue weighted by atomic mass is 10.0. The SMILES string of the molecule is CC(C)CCCCCCCCCCCCCCCOC(=O)[C@@H](N)CCCN=C(N)N. The zero-order valence-electron chi connectivity index (χ0n) is 19.9. The first-order valence-corrected chi connectivity index (χ1v) is 12.4. The predicted octanol–water partition coefficient (Wildman–Crippen LogP) is 5.03. The molecule has 0 heterocycles. The van der Waals surface area contributed by atoms with Crippen LogP contribution in [0.1, 0.15) is 117 Å². The van der Waals surface area contributed by atoms with Crippen LogP contribution in [0.25, 0.3) is 0 Å². The molecule has 0 bridgehead atoms. The highest BCUT2D eigenvalue weighted by Gasteiger charge is 2.14. The molecule has 6 N–H and O–H groups in total. The van der Waals surface area contributed by atoms with E-state index in [0.717, 1.165) is 18.8 Å². The van der Waals surface area contributed by atoms with Gasteiger partial charge in [0.05, 0.1) is 6.61 Å². The van der Waals surface area contributed by atoms with Crippen molar-refractivity contribution < 1.29 is 9.53 Å². The van der Waals surface area contributed by atoms with Crippen LogP contribution in [0.15, 0.2) is 4.99 Å². The smallest absolute Gasteiger partial charge is 0.322 e. The van der Waals surface area contributed by atoms with Gasteiger partial charge < -0.3 is 21.9 Å². The molecule has 0 aliphatic heterocycles. The third-order valence-corrected chi connectivity index (χ3v) is 5.44. The average molecular weight is 427 g/mol. The summed E-state index contributed by atoms with van der Waals surface area (Å²) in [6, 6.07) is -0.584. The molecular formula is C24H50N4O2. The lowest BCUT2D eigenvalue weighted by Gasteiger charge is -2.11. The number of carbonyl (C=O) groups excluding carboxylic acids is 1. The van der Waals surface area contributed by atoms with Crippen LogP contribution in [-0.2, 0) is 9.53 Å². The van der Waals surface area contributed by atoms with E-state index in [1.807, 2.05) is 0 Å². The number of esters is 1. The molecule has 0 aliphatic carbocycles. The van der Waals surface area contributed by atoms with E-state index >= 15 is 0 Å². The van der Waals surface area contributed by atoms with E-state index < -0.39 is 6.04 Å². The van der Waals surface area contributed by atoms with E-state index in [1.54, 1.807) is 0 Å². The number of ether oxygens (including phenoxy) is 1. The van der Waals surface area contributed by atoms with E-state index in [-0.39, 0.29) is 11.9 Å². The molecule has 30 heavy (non-hydrogen) atoms. The molecule has 0 radical (unpaired) electrons. The van der Waals surface area contributed by atoms with Gasteiger partial charge in [-0.15, -0.1) is 0 Å². The van der Waals surface area contributed by atoms with Crippen LogP contribution in [0.4, 0.5) is 0 Å². The van der Waals surface area contributed by atoms with Crippen molar-refractivity contribution in [1.82, 2.24) is 0 Å². The second-order valence-corrected chi connectivity index (χ2v) is 9.00. The molecule has 6 heteroatoms. The fourth-order valence-corrected chi connectivity index (χ4v) is 3.52. The second-order valence-electron chi connectivity index (χ2n) is 9.00. The topological polar surface area (TPSA) is 117 Å². The summed E-state index contributed by atoms with van der Waals surface area (Å²) in [5.74, 6) is 0.602. The summed E-state index contributed by atoms with van der Waals surface area (Å²) in [5, 5.41) is 0. The number of rotatable bonds is 21. The summed E-state index contributed by atoms with van der Waals surface area (Å²) >= 11 is 0. The number of guanidine groups is 1. The molecule has 178 valence electrons. The van der Waals surface area contributed by atoms with E-state index in [1.165, 1.54) is 77.0 Å². The van der Waals surface area contributed by atoms with Crippen molar-refractivity contribution in [2.45, 2.75) is 123 Å². The van der Waals surface area contributed by atoms with Crippen molar-refractivity contribution in [3.05, 3.63) is 0 Å². The van der Waals surface area contributed by atoms with Gasteiger partial charge in [-0.05, 0) is 25.2 Å². The van der Waals surface area contributed by atoms with Crippen LogP contribution in [-0.4, -0.2) is 31.1 Å². The summed E-state index contributed by atoms with van der Waals surface area (Å²) in [4.78, 5) is 15.7. The molecule has 1 atom stereocenters. The Labute approximate surface area is 185 Å². The van der Waals surface area contributed by atoms with Crippen LogP contribution in [0.5, 0.6) is 0 Å². The van der Waals surface area contributed by atoms with Gasteiger partial charge in [-0.25, -0.2) is 0 Å². The highest BCUT2D eigenvalue weighted by Crippen LogP contribution is 2.14. The predicted molar refractivity (Wildman–Crippen MR) is 128 cm³/mol. The molecule has 0 rings (SSSR count). The monoisotopic (exact) mass is 426 g/mol. The minimum atomic E-state index is -0.584. The number of nitrogens with two attached hydrogens (primary N) is 3. The highest BCUT2D eigenvalue weighted by atomic mass is 16.5. The van der Waals surface area contributed by atoms with E-state index in [4.69, 9.17) is 21.9 Å². The van der Waals surface area contributed by atoms with Crippen molar-refractivity contribution in [1.29, 1.82) is 0 Å². The molecule has 0 unspecified atom stereocenters. The summed E-state index contributed by atoms with van der Waals surface area (Å²) < 4.78 is 5.25. The van der Waals surface area contributed by atoms with Gasteiger partial charge in [-0.3, -0.25) is 9.79 Å². The Morgan fingerprint density at radius 1 is 0.733 bits per heavy atom. The molecule has 0 amide bonds. The maximum absolute atomic E-state index is 11.8. The standard InChI is InChI=1S/C24H50N4O2/c1-21(2)17-14-12-10-8-6-4-3-5-7-9-11-13-15-20-30-23(29)22(25)18-16-19-28-24(26)27/h21-22H,3-20,25H2,1-2H3,(H4,26,27,28)/t22-/m0/s1. The number of hydrogen-bond donors (Lipinski definition) is 3. The first-order chi connectivity index (χ1) is 14.4. The minimum absolute atomic E-state index is 0.0639. The summed E-state index contributed by atoms with van der Waals surface area (Å²) in [6.45, 7) is 5.58. The van der Waals surface area contributed by atoms with Crippen LogP contribution >= 0.6 is 0 Å². The van der Waals surface area contributed by atoms with E-state index in [0.29, 0.717) is 26.0 Å². The second kappa shape index (κ2) is 21.0. The maximum Gasteiger partial charge on any atom is 0.322 e. The lowest BCUT2D eigenvalue weighted by molar-refractivity contribution is -0.145. The molecule has 0 aromatic rings. The molecule has 0 spiro atoms. The van der Waals surface area contributed by atoms with Gasteiger partial charge in [0, 0.05) is 6.54 Å². The van der Waals surface area contributed by atoms with Gasteiger partial charge in [0.2, 0.25) is 0 Å². The Bertz CT molecular complexity index is 423. The van der Waals surface area contributed by atoms with Crippen LogP contribution in [0.2, 0.25) is 0 Å². The van der Waals surface area contributed by atoms with Gasteiger partial charge in [-0.2, -0.15) is 0 Å². The molecule has 0 saturated carbocycles. The first-order valence-electron chi connectivity index (χ1n) is 12.4. The number of nitrogens with zero attached hydrogens (tertiary/aromatic N) is 1. The van der Waals surface area contributed by atoms with Crippen molar-refractivity contribution in [3.63, 3.8) is 0 Å². The highest BCUT2D eigenvalue weighted by molar-refractivity contribution is 5.76. The fraction of sp³-hybridized carbons (Fsp3) is 0.917. The fourth-order valence-electron chi connectivity index (χ4n) is 3.52. The molecular weight excluding hydrogens is 376 g/mol. The van der Waals surface area contributed by atoms with Crippen molar-refractivity contribution in [3.8, 4) is 0 Å². The first kappa shape index (κ1) is 28.7. The van der Waals surface area contributed by atoms with Gasteiger partial charge in [0.25, 0.3) is 0 Å². The molecule has 6 nitrogen and oxygen atoms in total.